The zero-order valence-electron chi connectivity index (χ0n) is 25.9. The summed E-state index contributed by atoms with van der Waals surface area (Å²) in [6, 6.07) is 14.3. The van der Waals surface area contributed by atoms with Crippen LogP contribution in [0.3, 0.4) is 0 Å². The van der Waals surface area contributed by atoms with Crippen LogP contribution >= 0.6 is 11.6 Å². The topological polar surface area (TPSA) is 67.5 Å². The fourth-order valence-corrected chi connectivity index (χ4v) is 7.43. The Labute approximate surface area is 266 Å². The van der Waals surface area contributed by atoms with Crippen LogP contribution in [0.1, 0.15) is 60.5 Å². The van der Waals surface area contributed by atoms with Gasteiger partial charge < -0.3 is 18.8 Å². The third-order valence-corrected chi connectivity index (χ3v) is 9.72. The third kappa shape index (κ3) is 5.18. The number of hydrogen-bond acceptors (Lipinski definition) is 5. The highest BCUT2D eigenvalue weighted by atomic mass is 35.5. The standard InChI is InChI=1S/C36H37ClFN3O4/c1-4-29-33-28(39-40(29)3)20-45-30-16-11-22(30)19-41-34-26(14-15-27(37)32(33)34)25(35(41)36(42)43-5-2)9-7-17-44-31-10-6-8-21-18-23(38)12-13-24(21)31/h6,8,10,12-15,18,22,30H,4-5,7,9,11,16-17,19-20H2,1-3H3. The zero-order valence-corrected chi connectivity index (χ0v) is 26.6. The molecule has 0 radical (unpaired) electrons. The van der Waals surface area contributed by atoms with E-state index in [0.29, 0.717) is 49.1 Å². The Hall–Kier alpha value is -3.88. The molecule has 3 aromatic carbocycles. The van der Waals surface area contributed by atoms with Crippen molar-refractivity contribution in [3.8, 4) is 16.9 Å². The highest BCUT2D eigenvalue weighted by Gasteiger charge is 2.37. The van der Waals surface area contributed by atoms with Gasteiger partial charge in [0.2, 0.25) is 0 Å². The second kappa shape index (κ2) is 12.1. The molecule has 7 nitrogen and oxygen atoms in total. The van der Waals surface area contributed by atoms with Gasteiger partial charge in [-0.1, -0.05) is 36.7 Å². The van der Waals surface area contributed by atoms with Gasteiger partial charge in [-0.2, -0.15) is 5.10 Å². The molecule has 0 N–H and O–H groups in total. The van der Waals surface area contributed by atoms with Crippen LogP contribution in [0.15, 0.2) is 48.5 Å². The van der Waals surface area contributed by atoms with Crippen molar-refractivity contribution in [2.45, 2.75) is 65.2 Å². The van der Waals surface area contributed by atoms with Gasteiger partial charge in [0.1, 0.15) is 17.3 Å². The number of esters is 1. The normalized spacial score (nSPS) is 17.5. The summed E-state index contributed by atoms with van der Waals surface area (Å²) in [6.07, 6.45) is 4.14. The minimum absolute atomic E-state index is 0.101. The molecule has 7 rings (SSSR count). The predicted octanol–water partition coefficient (Wildman–Crippen LogP) is 8.05. The number of carbonyl (C=O) groups excluding carboxylic acids is 1. The van der Waals surface area contributed by atoms with Gasteiger partial charge in [-0.05, 0) is 80.3 Å². The van der Waals surface area contributed by atoms with E-state index in [2.05, 4.69) is 11.5 Å². The molecule has 234 valence electrons. The molecule has 1 saturated carbocycles. The Morgan fingerprint density at radius 3 is 2.73 bits per heavy atom. The summed E-state index contributed by atoms with van der Waals surface area (Å²) in [5, 5.41) is 8.15. The van der Waals surface area contributed by atoms with Crippen molar-refractivity contribution in [1.29, 1.82) is 0 Å². The molecule has 1 aliphatic carbocycles. The lowest BCUT2D eigenvalue weighted by molar-refractivity contribution is -0.0622. The molecule has 9 heteroatoms. The molecule has 45 heavy (non-hydrogen) atoms. The lowest BCUT2D eigenvalue weighted by Gasteiger charge is -2.37. The van der Waals surface area contributed by atoms with Crippen LogP contribution in [0, 0.1) is 11.7 Å². The lowest BCUT2D eigenvalue weighted by atomic mass is 9.81. The minimum Gasteiger partial charge on any atom is -0.493 e. The van der Waals surface area contributed by atoms with Gasteiger partial charge >= 0.3 is 5.97 Å². The second-order valence-corrected chi connectivity index (χ2v) is 12.4. The van der Waals surface area contributed by atoms with Gasteiger partial charge in [0.25, 0.3) is 0 Å². The maximum atomic E-state index is 13.8. The molecule has 1 aliphatic heterocycles. The van der Waals surface area contributed by atoms with Crippen molar-refractivity contribution in [3.63, 3.8) is 0 Å². The molecule has 0 saturated heterocycles. The SMILES string of the molecule is CCOC(=O)c1c(CCCOc2cccc3cc(F)ccc23)c2ccc(Cl)c3c2n1CC1CCC1OCc1nn(C)c(CC)c1-3. The van der Waals surface area contributed by atoms with E-state index < -0.39 is 0 Å². The quantitative estimate of drug-likeness (QED) is 0.128. The first-order chi connectivity index (χ1) is 21.9. The van der Waals surface area contributed by atoms with Gasteiger partial charge in [0.15, 0.2) is 0 Å². The molecule has 2 atom stereocenters. The molecule has 2 aromatic heterocycles. The summed E-state index contributed by atoms with van der Waals surface area (Å²) in [7, 11) is 1.96. The molecule has 0 spiro atoms. The minimum atomic E-state index is -0.334. The van der Waals surface area contributed by atoms with E-state index in [4.69, 9.17) is 30.9 Å². The number of halogens is 2. The predicted molar refractivity (Wildman–Crippen MR) is 174 cm³/mol. The number of aromatic nitrogens is 3. The van der Waals surface area contributed by atoms with Crippen LogP contribution in [0.25, 0.3) is 32.8 Å². The van der Waals surface area contributed by atoms with E-state index in [1.807, 2.05) is 49.0 Å². The van der Waals surface area contributed by atoms with Crippen LogP contribution < -0.4 is 4.74 Å². The van der Waals surface area contributed by atoms with Crippen LogP contribution in [-0.4, -0.2) is 39.6 Å². The van der Waals surface area contributed by atoms with E-state index in [1.165, 1.54) is 12.1 Å². The van der Waals surface area contributed by atoms with E-state index in [-0.39, 0.29) is 30.4 Å². The molecule has 2 aliphatic rings. The summed E-state index contributed by atoms with van der Waals surface area (Å²) in [5.74, 6) is 0.365. The van der Waals surface area contributed by atoms with Crippen molar-refractivity contribution in [1.82, 2.24) is 14.3 Å². The number of fused-ring (bicyclic) bond motifs is 4. The number of carbonyl (C=O) groups is 1. The average molecular weight is 630 g/mol. The van der Waals surface area contributed by atoms with Crippen molar-refractivity contribution in [2.24, 2.45) is 13.0 Å². The molecule has 2 unspecified atom stereocenters. The maximum Gasteiger partial charge on any atom is 0.355 e. The van der Waals surface area contributed by atoms with Crippen LogP contribution in [0.2, 0.25) is 5.02 Å². The van der Waals surface area contributed by atoms with Gasteiger partial charge in [0.05, 0.1) is 42.2 Å². The highest BCUT2D eigenvalue weighted by Crippen LogP contribution is 2.45. The first kappa shape index (κ1) is 29.8. The molecular weight excluding hydrogens is 593 g/mol. The fourth-order valence-electron chi connectivity index (χ4n) is 7.18. The summed E-state index contributed by atoms with van der Waals surface area (Å²) in [6.45, 7) is 5.72. The Morgan fingerprint density at radius 2 is 1.96 bits per heavy atom. The van der Waals surface area contributed by atoms with E-state index in [0.717, 1.165) is 69.0 Å². The largest absolute Gasteiger partial charge is 0.493 e. The van der Waals surface area contributed by atoms with Gasteiger partial charge in [-0.15, -0.1) is 0 Å². The Kier molecular flexibility index (Phi) is 8.04. The van der Waals surface area contributed by atoms with Crippen LogP contribution in [0.5, 0.6) is 5.75 Å². The number of rotatable bonds is 8. The van der Waals surface area contributed by atoms with Crippen molar-refractivity contribution in [3.05, 3.63) is 82.0 Å². The molecule has 1 fully saturated rings. The first-order valence-electron chi connectivity index (χ1n) is 15.9. The smallest absolute Gasteiger partial charge is 0.355 e. The van der Waals surface area contributed by atoms with Crippen LogP contribution in [-0.2, 0) is 42.5 Å². The summed E-state index contributed by atoms with van der Waals surface area (Å²) in [4.78, 5) is 13.8. The zero-order chi connectivity index (χ0) is 31.2. The van der Waals surface area contributed by atoms with Gasteiger partial charge in [-0.3, -0.25) is 4.68 Å². The Bertz CT molecular complexity index is 1930. The third-order valence-electron chi connectivity index (χ3n) is 9.40. The molecular formula is C36H37ClFN3O4. The van der Waals surface area contributed by atoms with E-state index >= 15 is 0 Å². The lowest BCUT2D eigenvalue weighted by Crippen LogP contribution is -2.38. The highest BCUT2D eigenvalue weighted by molar-refractivity contribution is 6.35. The summed E-state index contributed by atoms with van der Waals surface area (Å²) in [5.41, 5.74) is 6.29. The number of benzene rings is 3. The molecule has 3 heterocycles. The second-order valence-electron chi connectivity index (χ2n) is 12.0. The number of nitrogens with zero attached hydrogens (tertiary/aromatic N) is 3. The summed E-state index contributed by atoms with van der Waals surface area (Å²) >= 11 is 7.08. The number of hydrogen-bond donors (Lipinski definition) is 0. The number of aryl methyl sites for hydroxylation is 2. The molecule has 0 amide bonds. The Balaban J connectivity index is 1.34. The van der Waals surface area contributed by atoms with Crippen molar-refractivity contribution < 1.29 is 23.4 Å². The van der Waals surface area contributed by atoms with E-state index in [1.54, 1.807) is 6.07 Å². The van der Waals surface area contributed by atoms with E-state index in [9.17, 15) is 9.18 Å². The summed E-state index contributed by atoms with van der Waals surface area (Å²) < 4.78 is 36.3. The first-order valence-corrected chi connectivity index (χ1v) is 16.3. The van der Waals surface area contributed by atoms with Crippen molar-refractivity contribution in [2.75, 3.05) is 13.2 Å². The molecule has 5 aromatic rings. The Morgan fingerprint density at radius 1 is 1.11 bits per heavy atom. The fraction of sp³-hybridized carbons (Fsp3) is 0.389. The number of ether oxygens (including phenoxy) is 3. The average Bonchev–Trinajstić information content (AvgIpc) is 3.50. The van der Waals surface area contributed by atoms with Crippen molar-refractivity contribution >= 4 is 39.2 Å². The van der Waals surface area contributed by atoms with Gasteiger partial charge in [-0.25, -0.2) is 9.18 Å². The van der Waals surface area contributed by atoms with Crippen LogP contribution in [0.4, 0.5) is 4.39 Å². The maximum absolute atomic E-state index is 13.8. The molecule has 0 bridgehead atoms. The monoisotopic (exact) mass is 629 g/mol. The van der Waals surface area contributed by atoms with Gasteiger partial charge in [0, 0.05) is 47.1 Å².